The summed E-state index contributed by atoms with van der Waals surface area (Å²) in [7, 11) is -3.05. The molecule has 282 valence electrons. The van der Waals surface area contributed by atoms with E-state index in [-0.39, 0.29) is 12.1 Å². The van der Waals surface area contributed by atoms with Crippen LogP contribution < -0.4 is 10.6 Å². The molecule has 1 nitrogen and oxygen atoms in total. The number of hydrogen-bond donors (Lipinski definition) is 0. The molecule has 0 bridgehead atoms. The van der Waals surface area contributed by atoms with Gasteiger partial charge in [-0.15, -0.1) is 0 Å². The number of hydrogen-bond acceptors (Lipinski definition) is 1. The predicted molar refractivity (Wildman–Crippen MR) is 186 cm³/mol. The van der Waals surface area contributed by atoms with E-state index in [0.29, 0.717) is 46.2 Å². The highest BCUT2D eigenvalue weighted by Crippen LogP contribution is 2.53. The Morgan fingerprint density at radius 3 is 0.981 bits per heavy atom. The summed E-state index contributed by atoms with van der Waals surface area (Å²) in [6, 6.07) is 23.6. The van der Waals surface area contributed by atoms with Crippen molar-refractivity contribution in [3.8, 4) is 0 Å². The van der Waals surface area contributed by atoms with Crippen LogP contribution in [0.25, 0.3) is 21.5 Å². The molecular formula is C40H28F12NP. The Kier molecular flexibility index (Phi) is 10.3. The molecule has 6 rings (SSSR count). The van der Waals surface area contributed by atoms with Crippen LogP contribution in [0.2, 0.25) is 0 Å². The number of nitrogens with zero attached hydrogens (tertiary/aromatic N) is 1. The minimum Gasteiger partial charge on any atom is -0.261 e. The molecule has 0 aliphatic carbocycles. The highest BCUT2D eigenvalue weighted by molar-refractivity contribution is 7.70. The van der Waals surface area contributed by atoms with Gasteiger partial charge in [-0.05, 0) is 106 Å². The number of rotatable bonds is 7. The smallest absolute Gasteiger partial charge is 0.261 e. The van der Waals surface area contributed by atoms with Gasteiger partial charge in [-0.2, -0.15) is 52.7 Å². The first-order valence-electron chi connectivity index (χ1n) is 16.3. The molecule has 2 atom stereocenters. The van der Waals surface area contributed by atoms with Crippen LogP contribution in [0, 0.1) is 0 Å². The van der Waals surface area contributed by atoms with E-state index in [1.165, 1.54) is 4.67 Å². The molecule has 6 aromatic carbocycles. The van der Waals surface area contributed by atoms with E-state index >= 15 is 0 Å². The summed E-state index contributed by atoms with van der Waals surface area (Å²) >= 11 is 0. The summed E-state index contributed by atoms with van der Waals surface area (Å²) in [5, 5.41) is 1.46. The Morgan fingerprint density at radius 1 is 0.389 bits per heavy atom. The molecule has 6 aromatic rings. The number of benzene rings is 6. The van der Waals surface area contributed by atoms with Gasteiger partial charge in [0.1, 0.15) is 0 Å². The highest BCUT2D eigenvalue weighted by Gasteiger charge is 2.43. The Balaban J connectivity index is 1.72. The minimum absolute atomic E-state index is 0.131. The topological polar surface area (TPSA) is 3.24 Å². The second-order valence-electron chi connectivity index (χ2n) is 12.8. The minimum atomic E-state index is -5.36. The molecule has 0 radical (unpaired) electrons. The Hall–Kier alpha value is -4.61. The van der Waals surface area contributed by atoms with Crippen molar-refractivity contribution in [1.29, 1.82) is 0 Å². The largest absolute Gasteiger partial charge is 0.416 e. The maximum Gasteiger partial charge on any atom is 0.416 e. The standard InChI is InChI=1S/C40H28F12NP/c1-23(27-13-11-25-7-3-5-9-29(25)15-27)53(24(2)28-14-12-26-8-4-6-10-30(26)16-28)54(35-19-31(37(41,42)43)17-32(20-35)38(44,45)46)36-21-33(39(47,48)49)18-34(22-36)40(50,51)52/h3-24H,1-2H3/t23-,24-/m0/s1. The Bertz CT molecular complexity index is 2080. The molecule has 0 aromatic heterocycles. The van der Waals surface area contributed by atoms with Crippen LogP contribution in [-0.4, -0.2) is 4.67 Å². The normalized spacial score (nSPS) is 14.3. The number of fused-ring (bicyclic) bond motifs is 2. The lowest BCUT2D eigenvalue weighted by Crippen LogP contribution is -2.35. The van der Waals surface area contributed by atoms with Crippen LogP contribution in [0.3, 0.4) is 0 Å². The third-order valence-corrected chi connectivity index (χ3v) is 11.8. The lowest BCUT2D eigenvalue weighted by Gasteiger charge is -2.42. The third kappa shape index (κ3) is 8.22. The van der Waals surface area contributed by atoms with Gasteiger partial charge in [0.25, 0.3) is 0 Å². The molecule has 0 saturated heterocycles. The molecular weight excluding hydrogens is 753 g/mol. The predicted octanol–water partition coefficient (Wildman–Crippen LogP) is 13.2. The molecule has 0 fully saturated rings. The van der Waals surface area contributed by atoms with Gasteiger partial charge in [0.15, 0.2) is 0 Å². The fourth-order valence-corrected chi connectivity index (χ4v) is 9.30. The molecule has 0 unspecified atom stereocenters. The van der Waals surface area contributed by atoms with Crippen LogP contribution >= 0.6 is 8.07 Å². The fourth-order valence-electron chi connectivity index (χ4n) is 6.46. The molecule has 0 heterocycles. The first kappa shape index (κ1) is 39.1. The molecule has 0 amide bonds. The summed E-state index contributed by atoms with van der Waals surface area (Å²) < 4.78 is 173. The van der Waals surface area contributed by atoms with Crippen molar-refractivity contribution in [2.45, 2.75) is 50.6 Å². The molecule has 0 aliphatic rings. The van der Waals surface area contributed by atoms with E-state index in [4.69, 9.17) is 0 Å². The summed E-state index contributed by atoms with van der Waals surface area (Å²) in [4.78, 5) is 0. The monoisotopic (exact) mass is 781 g/mol. The van der Waals surface area contributed by atoms with Gasteiger partial charge in [-0.3, -0.25) is 4.67 Å². The van der Waals surface area contributed by atoms with Crippen LogP contribution in [-0.2, 0) is 24.7 Å². The van der Waals surface area contributed by atoms with Crippen molar-refractivity contribution in [2.24, 2.45) is 0 Å². The fraction of sp³-hybridized carbons (Fsp3) is 0.200. The molecule has 0 aliphatic heterocycles. The van der Waals surface area contributed by atoms with Crippen LogP contribution in [0.1, 0.15) is 59.3 Å². The van der Waals surface area contributed by atoms with Gasteiger partial charge < -0.3 is 0 Å². The van der Waals surface area contributed by atoms with Gasteiger partial charge in [0.2, 0.25) is 0 Å². The van der Waals surface area contributed by atoms with Crippen molar-refractivity contribution in [3.63, 3.8) is 0 Å². The average molecular weight is 782 g/mol. The van der Waals surface area contributed by atoms with Crippen LogP contribution in [0.4, 0.5) is 52.7 Å². The SMILES string of the molecule is C[C@@H](c1ccc2ccccc2c1)N([C@@H](C)c1ccc2ccccc2c1)P(c1cc(C(F)(F)F)cc(C(F)(F)F)c1)c1cc(C(F)(F)F)cc(C(F)(F)F)c1. The first-order chi connectivity index (χ1) is 25.1. The maximum atomic E-state index is 14.3. The lowest BCUT2D eigenvalue weighted by molar-refractivity contribution is -0.144. The second kappa shape index (κ2) is 14.2. The molecule has 14 heteroatoms. The van der Waals surface area contributed by atoms with Crippen LogP contribution in [0.15, 0.2) is 121 Å². The van der Waals surface area contributed by atoms with Gasteiger partial charge in [0.05, 0.1) is 22.3 Å². The quantitative estimate of drug-likeness (QED) is 0.115. The third-order valence-electron chi connectivity index (χ3n) is 9.17. The Labute approximate surface area is 302 Å². The van der Waals surface area contributed by atoms with Gasteiger partial charge in [-0.25, -0.2) is 0 Å². The molecule has 0 spiro atoms. The van der Waals surface area contributed by atoms with Crippen molar-refractivity contribution >= 4 is 40.2 Å². The second-order valence-corrected chi connectivity index (χ2v) is 14.9. The van der Waals surface area contributed by atoms with Crippen molar-refractivity contribution in [3.05, 3.63) is 155 Å². The summed E-state index contributed by atoms with van der Waals surface area (Å²) in [5.41, 5.74) is -6.14. The van der Waals surface area contributed by atoms with E-state index < -0.39 is 77.7 Å². The van der Waals surface area contributed by atoms with Crippen molar-refractivity contribution < 1.29 is 52.7 Å². The summed E-state index contributed by atoms with van der Waals surface area (Å²) in [6.45, 7) is 3.13. The number of halogens is 12. The zero-order valence-corrected chi connectivity index (χ0v) is 29.0. The lowest BCUT2D eigenvalue weighted by atomic mass is 9.99. The van der Waals surface area contributed by atoms with Crippen LogP contribution in [0.5, 0.6) is 0 Å². The van der Waals surface area contributed by atoms with Gasteiger partial charge >= 0.3 is 24.7 Å². The number of alkyl halides is 12. The van der Waals surface area contributed by atoms with Crippen molar-refractivity contribution in [1.82, 2.24) is 4.67 Å². The first-order valence-corrected chi connectivity index (χ1v) is 17.6. The highest BCUT2D eigenvalue weighted by atomic mass is 31.1. The zero-order valence-electron chi connectivity index (χ0n) is 28.1. The van der Waals surface area contributed by atoms with E-state index in [1.54, 1.807) is 98.8 Å². The van der Waals surface area contributed by atoms with E-state index in [9.17, 15) is 52.7 Å². The van der Waals surface area contributed by atoms with Gasteiger partial charge in [-0.1, -0.05) is 72.8 Å². The summed E-state index contributed by atoms with van der Waals surface area (Å²) in [6.07, 6.45) is -21.4. The average Bonchev–Trinajstić information content (AvgIpc) is 3.11. The molecule has 0 N–H and O–H groups in total. The zero-order chi connectivity index (χ0) is 39.4. The van der Waals surface area contributed by atoms with E-state index in [0.717, 1.165) is 10.8 Å². The van der Waals surface area contributed by atoms with Crippen molar-refractivity contribution in [2.75, 3.05) is 0 Å². The molecule has 54 heavy (non-hydrogen) atoms. The maximum absolute atomic E-state index is 14.3. The van der Waals surface area contributed by atoms with Gasteiger partial charge in [0, 0.05) is 20.2 Å². The van der Waals surface area contributed by atoms with E-state index in [1.807, 2.05) is 0 Å². The molecule has 0 saturated carbocycles. The summed E-state index contributed by atoms with van der Waals surface area (Å²) in [5.74, 6) is 0. The Morgan fingerprint density at radius 2 is 0.685 bits per heavy atom. The van der Waals surface area contributed by atoms with E-state index in [2.05, 4.69) is 0 Å².